The number of hydrogen-bond acceptors (Lipinski definition) is 6. The summed E-state index contributed by atoms with van der Waals surface area (Å²) < 4.78 is 34.5. The lowest BCUT2D eigenvalue weighted by atomic mass is 10.0. The Bertz CT molecular complexity index is 1160. The van der Waals surface area contributed by atoms with E-state index in [9.17, 15) is 13.6 Å². The topological polar surface area (TPSA) is 89.1 Å². The van der Waals surface area contributed by atoms with Crippen molar-refractivity contribution in [2.24, 2.45) is 0 Å². The lowest BCUT2D eigenvalue weighted by Crippen LogP contribution is -1.99. The maximum atomic E-state index is 14.9. The minimum atomic E-state index is -1.08. The van der Waals surface area contributed by atoms with Crippen LogP contribution in [0.3, 0.4) is 0 Å². The van der Waals surface area contributed by atoms with E-state index in [1.54, 1.807) is 18.2 Å². The summed E-state index contributed by atoms with van der Waals surface area (Å²) in [5, 5.41) is 16.7. The third kappa shape index (κ3) is 3.41. The predicted molar refractivity (Wildman–Crippen MR) is 93.4 cm³/mol. The second-order valence-corrected chi connectivity index (χ2v) is 6.78. The molecule has 0 fully saturated rings. The molecule has 1 N–H and O–H groups in total. The molecule has 0 saturated carbocycles. The zero-order chi connectivity index (χ0) is 19.0. The van der Waals surface area contributed by atoms with Gasteiger partial charge in [-0.2, -0.15) is 0 Å². The molecule has 0 unspecified atom stereocenters. The summed E-state index contributed by atoms with van der Waals surface area (Å²) >= 11 is 1.10. The van der Waals surface area contributed by atoms with E-state index >= 15 is 0 Å². The average Bonchev–Trinajstić information content (AvgIpc) is 3.23. The van der Waals surface area contributed by atoms with Crippen LogP contribution in [0.25, 0.3) is 21.3 Å². The van der Waals surface area contributed by atoms with E-state index in [-0.39, 0.29) is 35.7 Å². The highest BCUT2D eigenvalue weighted by Crippen LogP contribution is 2.34. The number of rotatable bonds is 5. The zero-order valence-electron chi connectivity index (χ0n) is 13.6. The molecule has 2 heterocycles. The van der Waals surface area contributed by atoms with E-state index in [2.05, 4.69) is 15.2 Å². The number of fused-ring (bicyclic) bond motifs is 1. The SMILES string of the molecule is O=C(O)Cc1nnc(Cc2nc3ccc(-c4ccccc4F)c(F)c3s2)o1. The molecule has 0 bridgehead atoms. The van der Waals surface area contributed by atoms with Gasteiger partial charge in [-0.3, -0.25) is 4.79 Å². The highest BCUT2D eigenvalue weighted by molar-refractivity contribution is 7.18. The smallest absolute Gasteiger partial charge is 0.312 e. The monoisotopic (exact) mass is 387 g/mol. The van der Waals surface area contributed by atoms with Crippen LogP contribution in [0.2, 0.25) is 0 Å². The standard InChI is InChI=1S/C18H11F2N3O3S/c19-11-4-2-1-3-9(11)10-5-6-12-18(17(10)20)27-15(21-12)7-13-22-23-14(26-13)8-16(24)25/h1-6H,7-8H2,(H,24,25). The fraction of sp³-hybridized carbons (Fsp3) is 0.111. The first kappa shape index (κ1) is 17.2. The van der Waals surface area contributed by atoms with Gasteiger partial charge in [0, 0.05) is 11.1 Å². The molecule has 0 amide bonds. The van der Waals surface area contributed by atoms with Crippen LogP contribution in [0.15, 0.2) is 40.8 Å². The number of aliphatic carboxylic acids is 1. The highest BCUT2D eigenvalue weighted by atomic mass is 32.1. The Hall–Kier alpha value is -3.20. The maximum Gasteiger partial charge on any atom is 0.312 e. The lowest BCUT2D eigenvalue weighted by Gasteiger charge is -2.04. The Labute approximate surface area is 155 Å². The second-order valence-electron chi connectivity index (χ2n) is 5.70. The molecule has 0 aliphatic heterocycles. The maximum absolute atomic E-state index is 14.9. The molecule has 4 aromatic rings. The summed E-state index contributed by atoms with van der Waals surface area (Å²) in [7, 11) is 0. The largest absolute Gasteiger partial charge is 0.481 e. The van der Waals surface area contributed by atoms with E-state index in [0.29, 0.717) is 15.2 Å². The minimum Gasteiger partial charge on any atom is -0.481 e. The van der Waals surface area contributed by atoms with Crippen molar-refractivity contribution < 1.29 is 23.1 Å². The predicted octanol–water partition coefficient (Wildman–Crippen LogP) is 3.84. The molecule has 136 valence electrons. The fourth-order valence-electron chi connectivity index (χ4n) is 2.66. The quantitative estimate of drug-likeness (QED) is 0.560. The number of aromatic nitrogens is 3. The lowest BCUT2D eigenvalue weighted by molar-refractivity contribution is -0.136. The van der Waals surface area contributed by atoms with Crippen LogP contribution >= 0.6 is 11.3 Å². The first-order valence-corrected chi connectivity index (χ1v) is 8.69. The molecule has 0 aliphatic rings. The molecule has 0 spiro atoms. The van der Waals surface area contributed by atoms with Crippen molar-refractivity contribution in [2.45, 2.75) is 12.8 Å². The second kappa shape index (κ2) is 6.84. The van der Waals surface area contributed by atoms with Crippen molar-refractivity contribution in [3.05, 3.63) is 64.8 Å². The van der Waals surface area contributed by atoms with Crippen molar-refractivity contribution in [3.63, 3.8) is 0 Å². The Balaban J connectivity index is 1.67. The van der Waals surface area contributed by atoms with E-state index in [4.69, 9.17) is 9.52 Å². The van der Waals surface area contributed by atoms with Crippen LogP contribution in [0.5, 0.6) is 0 Å². The number of carboxylic acids is 1. The van der Waals surface area contributed by atoms with Gasteiger partial charge in [0.05, 0.1) is 16.6 Å². The van der Waals surface area contributed by atoms with Gasteiger partial charge < -0.3 is 9.52 Å². The number of nitrogens with zero attached hydrogens (tertiary/aromatic N) is 3. The van der Waals surface area contributed by atoms with E-state index < -0.39 is 17.6 Å². The van der Waals surface area contributed by atoms with Crippen LogP contribution in [0.1, 0.15) is 16.8 Å². The summed E-state index contributed by atoms with van der Waals surface area (Å²) in [6.07, 6.45) is -0.214. The van der Waals surface area contributed by atoms with E-state index in [1.165, 1.54) is 18.2 Å². The van der Waals surface area contributed by atoms with Gasteiger partial charge in [0.15, 0.2) is 5.82 Å². The van der Waals surface area contributed by atoms with Crippen LogP contribution in [-0.2, 0) is 17.6 Å². The third-order valence-corrected chi connectivity index (χ3v) is 4.88. The number of carboxylic acid groups (broad SMARTS) is 1. The van der Waals surface area contributed by atoms with E-state index in [1.807, 2.05) is 0 Å². The Morgan fingerprint density at radius 2 is 1.85 bits per heavy atom. The summed E-state index contributed by atoms with van der Waals surface area (Å²) in [5.74, 6) is -1.93. The fourth-order valence-corrected chi connectivity index (χ4v) is 3.65. The Morgan fingerprint density at radius 3 is 2.63 bits per heavy atom. The van der Waals surface area contributed by atoms with Crippen LogP contribution in [-0.4, -0.2) is 26.3 Å². The molecule has 0 radical (unpaired) electrons. The molecular formula is C18H11F2N3O3S. The third-order valence-electron chi connectivity index (χ3n) is 3.82. The van der Waals surface area contributed by atoms with Crippen molar-refractivity contribution in [2.75, 3.05) is 0 Å². The molecule has 0 atom stereocenters. The molecule has 27 heavy (non-hydrogen) atoms. The van der Waals surface area contributed by atoms with Crippen molar-refractivity contribution in [1.82, 2.24) is 15.2 Å². The van der Waals surface area contributed by atoms with Gasteiger partial charge in [-0.1, -0.05) is 18.2 Å². The highest BCUT2D eigenvalue weighted by Gasteiger charge is 2.17. The molecule has 0 saturated heterocycles. The van der Waals surface area contributed by atoms with Gasteiger partial charge in [0.1, 0.15) is 17.2 Å². The first-order chi connectivity index (χ1) is 13.0. The van der Waals surface area contributed by atoms with Crippen molar-refractivity contribution >= 4 is 27.5 Å². The van der Waals surface area contributed by atoms with Gasteiger partial charge in [-0.15, -0.1) is 21.5 Å². The van der Waals surface area contributed by atoms with Crippen LogP contribution in [0, 0.1) is 11.6 Å². The van der Waals surface area contributed by atoms with Crippen LogP contribution < -0.4 is 0 Å². The van der Waals surface area contributed by atoms with Gasteiger partial charge in [0.25, 0.3) is 0 Å². The van der Waals surface area contributed by atoms with Gasteiger partial charge in [0.2, 0.25) is 11.8 Å². The normalized spacial score (nSPS) is 11.2. The number of benzene rings is 2. The Kier molecular flexibility index (Phi) is 4.36. The van der Waals surface area contributed by atoms with E-state index in [0.717, 1.165) is 11.3 Å². The molecule has 9 heteroatoms. The number of halogens is 2. The summed E-state index contributed by atoms with van der Waals surface area (Å²) in [6, 6.07) is 9.11. The van der Waals surface area contributed by atoms with Crippen molar-refractivity contribution in [1.29, 1.82) is 0 Å². The zero-order valence-corrected chi connectivity index (χ0v) is 14.5. The molecule has 0 aliphatic carbocycles. The summed E-state index contributed by atoms with van der Waals surface area (Å²) in [5.41, 5.74) is 0.789. The molecule has 2 aromatic carbocycles. The van der Waals surface area contributed by atoms with Crippen LogP contribution in [0.4, 0.5) is 8.78 Å². The van der Waals surface area contributed by atoms with Crippen molar-refractivity contribution in [3.8, 4) is 11.1 Å². The molecule has 4 rings (SSSR count). The average molecular weight is 387 g/mol. The molecular weight excluding hydrogens is 376 g/mol. The Morgan fingerprint density at radius 1 is 1.07 bits per heavy atom. The first-order valence-electron chi connectivity index (χ1n) is 7.87. The minimum absolute atomic E-state index is 0.00775. The number of thiazole rings is 1. The molecule has 2 aromatic heterocycles. The number of carbonyl (C=O) groups is 1. The van der Waals surface area contributed by atoms with Gasteiger partial charge in [-0.05, 0) is 18.2 Å². The van der Waals surface area contributed by atoms with Gasteiger partial charge in [-0.25, -0.2) is 13.8 Å². The van der Waals surface area contributed by atoms with Gasteiger partial charge >= 0.3 is 5.97 Å². The number of hydrogen-bond donors (Lipinski definition) is 1. The summed E-state index contributed by atoms with van der Waals surface area (Å²) in [6.45, 7) is 0. The summed E-state index contributed by atoms with van der Waals surface area (Å²) in [4.78, 5) is 15.0. The molecule has 6 nitrogen and oxygen atoms in total.